The third kappa shape index (κ3) is 1.41. The zero-order valence-electron chi connectivity index (χ0n) is 8.15. The fraction of sp³-hybridized carbons (Fsp3) is 0. The van der Waals surface area contributed by atoms with Gasteiger partial charge in [0.2, 0.25) is 0 Å². The molecule has 0 radical (unpaired) electrons. The molecule has 0 aliphatic rings. The molecule has 0 fully saturated rings. The SMILES string of the molecule is NNC(=O)c1[nH]c(=O)c2ccccc2c1O. The molecule has 0 saturated heterocycles. The Morgan fingerprint density at radius 2 is 1.94 bits per heavy atom. The molecule has 0 aliphatic heterocycles. The van der Waals surface area contributed by atoms with Gasteiger partial charge in [0.15, 0.2) is 11.4 Å². The minimum atomic E-state index is -0.750. The number of fused-ring (bicyclic) bond motifs is 1. The number of benzene rings is 1. The molecule has 5 N–H and O–H groups in total. The van der Waals surface area contributed by atoms with Crippen molar-refractivity contribution in [1.29, 1.82) is 0 Å². The van der Waals surface area contributed by atoms with E-state index >= 15 is 0 Å². The van der Waals surface area contributed by atoms with Gasteiger partial charge in [0.25, 0.3) is 11.5 Å². The summed E-state index contributed by atoms with van der Waals surface area (Å²) in [5.41, 5.74) is 1.15. The summed E-state index contributed by atoms with van der Waals surface area (Å²) in [7, 11) is 0. The minimum Gasteiger partial charge on any atom is -0.505 e. The van der Waals surface area contributed by atoms with E-state index < -0.39 is 11.5 Å². The first-order chi connectivity index (χ1) is 7.65. The molecule has 1 heterocycles. The summed E-state index contributed by atoms with van der Waals surface area (Å²) in [6.45, 7) is 0. The predicted octanol–water partition coefficient (Wildman–Crippen LogP) is -0.163. The molecule has 0 bridgehead atoms. The van der Waals surface area contributed by atoms with E-state index in [2.05, 4.69) is 4.98 Å². The van der Waals surface area contributed by atoms with Gasteiger partial charge in [0, 0.05) is 5.39 Å². The highest BCUT2D eigenvalue weighted by molar-refractivity contribution is 6.01. The molecule has 0 saturated carbocycles. The van der Waals surface area contributed by atoms with Gasteiger partial charge in [0.05, 0.1) is 5.39 Å². The number of aromatic amines is 1. The first-order valence-electron chi connectivity index (χ1n) is 4.50. The van der Waals surface area contributed by atoms with Crippen molar-refractivity contribution in [2.45, 2.75) is 0 Å². The molecule has 2 rings (SSSR count). The van der Waals surface area contributed by atoms with Crippen LogP contribution in [-0.2, 0) is 0 Å². The van der Waals surface area contributed by atoms with Crippen LogP contribution in [0.2, 0.25) is 0 Å². The summed E-state index contributed by atoms with van der Waals surface area (Å²) >= 11 is 0. The van der Waals surface area contributed by atoms with Gasteiger partial charge in [-0.05, 0) is 6.07 Å². The Morgan fingerprint density at radius 1 is 1.31 bits per heavy atom. The van der Waals surface area contributed by atoms with Gasteiger partial charge >= 0.3 is 0 Å². The lowest BCUT2D eigenvalue weighted by molar-refractivity contribution is 0.0946. The number of H-pyrrole nitrogens is 1. The molecule has 0 aliphatic carbocycles. The van der Waals surface area contributed by atoms with Crippen molar-refractivity contribution >= 4 is 16.7 Å². The number of nitrogens with one attached hydrogen (secondary N) is 2. The lowest BCUT2D eigenvalue weighted by atomic mass is 10.1. The van der Waals surface area contributed by atoms with E-state index in [9.17, 15) is 14.7 Å². The van der Waals surface area contributed by atoms with Crippen molar-refractivity contribution in [2.24, 2.45) is 5.84 Å². The first-order valence-corrected chi connectivity index (χ1v) is 4.50. The maximum atomic E-state index is 11.6. The van der Waals surface area contributed by atoms with Crippen LogP contribution in [0, 0.1) is 0 Å². The molecule has 0 spiro atoms. The van der Waals surface area contributed by atoms with Gasteiger partial charge < -0.3 is 10.1 Å². The zero-order valence-corrected chi connectivity index (χ0v) is 8.15. The number of hydrogen-bond donors (Lipinski definition) is 4. The van der Waals surface area contributed by atoms with Crippen LogP contribution in [0.1, 0.15) is 10.5 Å². The number of aromatic nitrogens is 1. The van der Waals surface area contributed by atoms with Crippen LogP contribution in [0.25, 0.3) is 10.8 Å². The molecule has 1 aromatic carbocycles. The fourth-order valence-electron chi connectivity index (χ4n) is 1.50. The van der Waals surface area contributed by atoms with Gasteiger partial charge in [-0.2, -0.15) is 0 Å². The molecular weight excluding hydrogens is 210 g/mol. The molecule has 1 amide bonds. The van der Waals surface area contributed by atoms with Crippen molar-refractivity contribution in [3.63, 3.8) is 0 Å². The number of rotatable bonds is 1. The number of hydrogen-bond acceptors (Lipinski definition) is 4. The fourth-order valence-corrected chi connectivity index (χ4v) is 1.50. The highest BCUT2D eigenvalue weighted by Gasteiger charge is 2.15. The lowest BCUT2D eigenvalue weighted by Gasteiger charge is -2.05. The monoisotopic (exact) mass is 219 g/mol. The Morgan fingerprint density at radius 3 is 2.56 bits per heavy atom. The zero-order chi connectivity index (χ0) is 11.7. The predicted molar refractivity (Wildman–Crippen MR) is 57.9 cm³/mol. The molecule has 2 aromatic rings. The smallest absolute Gasteiger partial charge is 0.285 e. The Labute approximate surface area is 89.7 Å². The largest absolute Gasteiger partial charge is 0.505 e. The van der Waals surface area contributed by atoms with Crippen LogP contribution in [0.15, 0.2) is 29.1 Å². The topological polar surface area (TPSA) is 108 Å². The van der Waals surface area contributed by atoms with E-state index in [0.717, 1.165) is 0 Å². The van der Waals surface area contributed by atoms with Gasteiger partial charge in [-0.1, -0.05) is 18.2 Å². The summed E-state index contributed by atoms with van der Waals surface area (Å²) in [4.78, 5) is 25.1. The molecule has 6 nitrogen and oxygen atoms in total. The third-order valence-electron chi connectivity index (χ3n) is 2.26. The maximum Gasteiger partial charge on any atom is 0.285 e. The maximum absolute atomic E-state index is 11.6. The number of hydrazine groups is 1. The summed E-state index contributed by atoms with van der Waals surface area (Å²) in [6, 6.07) is 6.43. The average Bonchev–Trinajstić information content (AvgIpc) is 2.33. The Hall–Kier alpha value is -2.34. The van der Waals surface area contributed by atoms with Crippen molar-refractivity contribution in [3.05, 3.63) is 40.3 Å². The summed E-state index contributed by atoms with van der Waals surface area (Å²) in [5.74, 6) is 3.89. The number of carbonyl (C=O) groups excluding carboxylic acids is 1. The van der Waals surface area contributed by atoms with Crippen molar-refractivity contribution in [3.8, 4) is 5.75 Å². The van der Waals surface area contributed by atoms with E-state index in [1.807, 2.05) is 5.43 Å². The van der Waals surface area contributed by atoms with Crippen LogP contribution >= 0.6 is 0 Å². The second-order valence-electron chi connectivity index (χ2n) is 3.20. The third-order valence-corrected chi connectivity index (χ3v) is 2.26. The Bertz CT molecular complexity index is 618. The Kier molecular flexibility index (Phi) is 2.34. The second-order valence-corrected chi connectivity index (χ2v) is 3.20. The second kappa shape index (κ2) is 3.67. The Balaban J connectivity index is 2.86. The van der Waals surface area contributed by atoms with Gasteiger partial charge in [-0.25, -0.2) is 5.84 Å². The summed E-state index contributed by atoms with van der Waals surface area (Å²) < 4.78 is 0. The van der Waals surface area contributed by atoms with Gasteiger partial charge in [0.1, 0.15) is 0 Å². The van der Waals surface area contributed by atoms with E-state index in [0.29, 0.717) is 10.8 Å². The van der Waals surface area contributed by atoms with E-state index in [1.54, 1.807) is 24.3 Å². The van der Waals surface area contributed by atoms with Crippen LogP contribution in [0.5, 0.6) is 5.75 Å². The number of nitrogens with two attached hydrogens (primary N) is 1. The average molecular weight is 219 g/mol. The normalized spacial score (nSPS) is 10.3. The number of nitrogen functional groups attached to an aromatic ring is 1. The molecule has 6 heteroatoms. The number of amides is 1. The molecule has 0 unspecified atom stereocenters. The highest BCUT2D eigenvalue weighted by atomic mass is 16.3. The van der Waals surface area contributed by atoms with Crippen molar-refractivity contribution < 1.29 is 9.90 Å². The number of pyridine rings is 1. The van der Waals surface area contributed by atoms with Crippen LogP contribution in [-0.4, -0.2) is 16.0 Å². The highest BCUT2D eigenvalue weighted by Crippen LogP contribution is 2.23. The summed E-state index contributed by atoms with van der Waals surface area (Å²) in [5, 5.41) is 10.4. The number of carbonyl (C=O) groups is 1. The van der Waals surface area contributed by atoms with Gasteiger partial charge in [-0.3, -0.25) is 15.0 Å². The molecule has 16 heavy (non-hydrogen) atoms. The minimum absolute atomic E-state index is 0.244. The van der Waals surface area contributed by atoms with Crippen LogP contribution in [0.3, 0.4) is 0 Å². The van der Waals surface area contributed by atoms with Crippen molar-refractivity contribution in [1.82, 2.24) is 10.4 Å². The first kappa shape index (κ1) is 10.2. The molecule has 82 valence electrons. The van der Waals surface area contributed by atoms with Crippen LogP contribution < -0.4 is 16.8 Å². The quantitative estimate of drug-likeness (QED) is 0.303. The standard InChI is InChI=1S/C10H9N3O3/c11-13-10(16)7-8(14)5-3-1-2-4-6(5)9(15)12-7/h1-4,14H,11H2,(H,12,15)(H,13,16). The molecule has 1 aromatic heterocycles. The van der Waals surface area contributed by atoms with Crippen molar-refractivity contribution in [2.75, 3.05) is 0 Å². The lowest BCUT2D eigenvalue weighted by Crippen LogP contribution is -2.32. The number of aromatic hydroxyl groups is 1. The van der Waals surface area contributed by atoms with Crippen LogP contribution in [0.4, 0.5) is 0 Å². The molecular formula is C10H9N3O3. The summed E-state index contributed by atoms with van der Waals surface area (Å²) in [6.07, 6.45) is 0. The van der Waals surface area contributed by atoms with E-state index in [1.165, 1.54) is 0 Å². The van der Waals surface area contributed by atoms with E-state index in [-0.39, 0.29) is 11.4 Å². The molecule has 0 atom stereocenters. The van der Waals surface area contributed by atoms with Gasteiger partial charge in [-0.15, -0.1) is 0 Å². The van der Waals surface area contributed by atoms with E-state index in [4.69, 9.17) is 5.84 Å².